The molecule has 5 atom stereocenters. The third kappa shape index (κ3) is 5.19. The minimum Gasteiger partial charge on any atom is -0.395 e. The minimum atomic E-state index is 0.0985. The van der Waals surface area contributed by atoms with Crippen LogP contribution >= 0.6 is 0 Å². The zero-order chi connectivity index (χ0) is 29.1. The van der Waals surface area contributed by atoms with Gasteiger partial charge in [-0.2, -0.15) is 0 Å². The molecule has 4 nitrogen and oxygen atoms in total. The lowest BCUT2D eigenvalue weighted by Crippen LogP contribution is -2.54. The van der Waals surface area contributed by atoms with Gasteiger partial charge < -0.3 is 5.11 Å². The second-order valence-electron chi connectivity index (χ2n) is 16.7. The summed E-state index contributed by atoms with van der Waals surface area (Å²) in [6, 6.07) is 0. The van der Waals surface area contributed by atoms with Crippen LogP contribution in [0.4, 0.5) is 0 Å². The van der Waals surface area contributed by atoms with Gasteiger partial charge in [0.1, 0.15) is 0 Å². The van der Waals surface area contributed by atoms with E-state index in [-0.39, 0.29) is 34.1 Å². The lowest BCUT2D eigenvalue weighted by Gasteiger charge is -2.50. The van der Waals surface area contributed by atoms with Crippen LogP contribution in [0.5, 0.6) is 0 Å². The van der Waals surface area contributed by atoms with Crippen molar-refractivity contribution in [3.63, 3.8) is 0 Å². The van der Waals surface area contributed by atoms with Crippen LogP contribution in [0.3, 0.4) is 0 Å². The fourth-order valence-corrected chi connectivity index (χ4v) is 10.2. The van der Waals surface area contributed by atoms with Crippen LogP contribution in [0.25, 0.3) is 0 Å². The summed E-state index contributed by atoms with van der Waals surface area (Å²) in [5.41, 5.74) is 4.37. The van der Waals surface area contributed by atoms with Crippen LogP contribution in [0.2, 0.25) is 0 Å². The fourth-order valence-electron chi connectivity index (χ4n) is 10.2. The number of rotatable bonds is 8. The van der Waals surface area contributed by atoms with Crippen molar-refractivity contribution in [2.45, 2.75) is 132 Å². The van der Waals surface area contributed by atoms with Crippen molar-refractivity contribution in [2.75, 3.05) is 46.4 Å². The van der Waals surface area contributed by atoms with Gasteiger partial charge in [0.25, 0.3) is 0 Å². The Morgan fingerprint density at radius 3 is 2.03 bits per heavy atom. The number of aliphatic hydroxyl groups excluding tert-OH is 1. The Bertz CT molecular complexity index is 879. The molecule has 38 heavy (non-hydrogen) atoms. The second-order valence-corrected chi connectivity index (χ2v) is 16.7. The van der Waals surface area contributed by atoms with Gasteiger partial charge in [0, 0.05) is 36.3 Å². The Morgan fingerprint density at radius 1 is 0.947 bits per heavy atom. The molecule has 0 aromatic carbocycles. The Hall–Kier alpha value is -0.420. The first-order valence-corrected chi connectivity index (χ1v) is 15.8. The molecule has 0 amide bonds. The highest BCUT2D eigenvalue weighted by Crippen LogP contribution is 2.58. The van der Waals surface area contributed by atoms with E-state index >= 15 is 0 Å². The van der Waals surface area contributed by atoms with Crippen LogP contribution in [0.15, 0.2) is 11.1 Å². The zero-order valence-corrected chi connectivity index (χ0v) is 28.0. The van der Waals surface area contributed by atoms with Gasteiger partial charge in [-0.25, -0.2) is 0 Å². The molecule has 1 N–H and O–H groups in total. The van der Waals surface area contributed by atoms with E-state index in [0.29, 0.717) is 17.3 Å². The highest BCUT2D eigenvalue weighted by molar-refractivity contribution is 5.38. The molecule has 3 aliphatic heterocycles. The number of aliphatic hydroxyl groups is 1. The number of hydrogen-bond acceptors (Lipinski definition) is 4. The van der Waals surface area contributed by atoms with Crippen LogP contribution in [0.1, 0.15) is 116 Å². The van der Waals surface area contributed by atoms with Crippen LogP contribution < -0.4 is 0 Å². The van der Waals surface area contributed by atoms with Gasteiger partial charge in [-0.3, -0.25) is 14.7 Å². The van der Waals surface area contributed by atoms with Crippen molar-refractivity contribution < 1.29 is 5.11 Å². The summed E-state index contributed by atoms with van der Waals surface area (Å²) in [5.74, 6) is 1.24. The van der Waals surface area contributed by atoms with E-state index in [1.165, 1.54) is 32.2 Å². The minimum absolute atomic E-state index is 0.0985. The number of nitrogens with zero attached hydrogens (tertiary/aromatic N) is 3. The maximum Gasteiger partial charge on any atom is 0.0558 e. The van der Waals surface area contributed by atoms with Crippen molar-refractivity contribution in [1.29, 1.82) is 0 Å². The molecule has 2 saturated heterocycles. The van der Waals surface area contributed by atoms with E-state index in [9.17, 15) is 5.11 Å². The summed E-state index contributed by atoms with van der Waals surface area (Å²) in [6.45, 7) is 37.7. The molecule has 3 aliphatic rings. The van der Waals surface area contributed by atoms with Gasteiger partial charge in [-0.15, -0.1) is 0 Å². The molecule has 0 saturated carbocycles. The van der Waals surface area contributed by atoms with Crippen LogP contribution in [0, 0.1) is 28.1 Å². The number of β-amino-alcohol motifs (C(OH)–C–C–N with tert-alkyl or cyclic N) is 1. The molecule has 0 radical (unpaired) electrons. The summed E-state index contributed by atoms with van der Waals surface area (Å²) in [7, 11) is 2.32. The molecule has 0 spiro atoms. The molecule has 0 aromatic heterocycles. The molecule has 5 unspecified atom stereocenters. The highest BCUT2D eigenvalue weighted by atomic mass is 16.3. The first kappa shape index (κ1) is 32.1. The molecule has 2 fully saturated rings. The normalized spacial score (nSPS) is 37.7. The molecule has 222 valence electrons. The molecule has 0 bridgehead atoms. The van der Waals surface area contributed by atoms with Gasteiger partial charge in [0.05, 0.1) is 6.61 Å². The lowest BCUT2D eigenvalue weighted by atomic mass is 9.59. The molecule has 3 rings (SSSR count). The van der Waals surface area contributed by atoms with E-state index in [4.69, 9.17) is 0 Å². The van der Waals surface area contributed by atoms with Crippen molar-refractivity contribution in [3.8, 4) is 0 Å². The molecular weight excluding hydrogens is 466 g/mol. The summed E-state index contributed by atoms with van der Waals surface area (Å²) in [4.78, 5) is 8.10. The monoisotopic (exact) mass is 532 g/mol. The van der Waals surface area contributed by atoms with Gasteiger partial charge in [-0.1, -0.05) is 67.9 Å². The van der Waals surface area contributed by atoms with E-state index in [0.717, 1.165) is 26.2 Å². The largest absolute Gasteiger partial charge is 0.395 e. The number of hydrogen-bond donors (Lipinski definition) is 1. The molecule has 0 aliphatic carbocycles. The number of likely N-dealkylation sites (tertiary alicyclic amines) is 2. The Labute approximate surface area is 237 Å². The zero-order valence-electron chi connectivity index (χ0n) is 28.0. The van der Waals surface area contributed by atoms with Gasteiger partial charge >= 0.3 is 0 Å². The third-order valence-corrected chi connectivity index (χ3v) is 12.0. The molecular formula is C34H65N3O. The number of likely N-dealkylation sites (N-methyl/N-ethyl adjacent to an activating group) is 1. The topological polar surface area (TPSA) is 30.0 Å². The van der Waals surface area contributed by atoms with Crippen molar-refractivity contribution >= 4 is 0 Å². The van der Waals surface area contributed by atoms with Gasteiger partial charge in [-0.05, 0) is 107 Å². The summed E-state index contributed by atoms with van der Waals surface area (Å²) < 4.78 is 0. The average molecular weight is 532 g/mol. The predicted molar refractivity (Wildman–Crippen MR) is 165 cm³/mol. The lowest BCUT2D eigenvalue weighted by molar-refractivity contribution is 0.00150. The Morgan fingerprint density at radius 2 is 1.55 bits per heavy atom. The van der Waals surface area contributed by atoms with Gasteiger partial charge in [0.2, 0.25) is 0 Å². The van der Waals surface area contributed by atoms with E-state index in [1.807, 2.05) is 0 Å². The van der Waals surface area contributed by atoms with Crippen molar-refractivity contribution in [3.05, 3.63) is 11.1 Å². The third-order valence-electron chi connectivity index (χ3n) is 12.0. The van der Waals surface area contributed by atoms with Crippen molar-refractivity contribution in [1.82, 2.24) is 14.7 Å². The Kier molecular flexibility index (Phi) is 8.82. The molecule has 0 aromatic rings. The molecule has 4 heteroatoms. The summed E-state index contributed by atoms with van der Waals surface area (Å²) in [6.07, 6.45) is 4.84. The highest BCUT2D eigenvalue weighted by Gasteiger charge is 2.60. The SMILES string of the molecule is CCN1CC(CC2(C)N(CCO)CCC2(C)CC)C(C(C)(C)C)C1(C)CC1=C(C(C)(C)C)C(C)(C)N(C)C1. The predicted octanol–water partition coefficient (Wildman–Crippen LogP) is 7.08. The van der Waals surface area contributed by atoms with Crippen molar-refractivity contribution in [2.24, 2.45) is 28.1 Å². The maximum atomic E-state index is 9.96. The molecule has 3 heterocycles. The maximum absolute atomic E-state index is 9.96. The summed E-state index contributed by atoms with van der Waals surface area (Å²) in [5, 5.41) is 9.96. The Balaban J connectivity index is 2.09. The van der Waals surface area contributed by atoms with E-state index < -0.39 is 0 Å². The van der Waals surface area contributed by atoms with E-state index in [1.54, 1.807) is 11.1 Å². The first-order valence-electron chi connectivity index (χ1n) is 15.8. The fraction of sp³-hybridized carbons (Fsp3) is 0.941. The van der Waals surface area contributed by atoms with E-state index in [2.05, 4.69) is 112 Å². The van der Waals surface area contributed by atoms with Crippen LogP contribution in [-0.2, 0) is 0 Å². The average Bonchev–Trinajstić information content (AvgIpc) is 3.27. The smallest absolute Gasteiger partial charge is 0.0558 e. The van der Waals surface area contributed by atoms with Crippen LogP contribution in [-0.4, -0.2) is 82.8 Å². The quantitative estimate of drug-likeness (QED) is 0.339. The standard InChI is InChI=1S/C34H65N3O/c1-15-32(11)17-18-37(19-20-38)34(32,13)22-26-24-36(16-2)33(12,28(26)30(6,7)8)21-25-23-35(14)31(9,10)27(25)29(3,4)5/h26,28,38H,15-24H2,1-14H3. The van der Waals surface area contributed by atoms with Gasteiger partial charge in [0.15, 0.2) is 0 Å². The summed E-state index contributed by atoms with van der Waals surface area (Å²) >= 11 is 0. The first-order chi connectivity index (χ1) is 17.2. The second kappa shape index (κ2) is 10.4.